The Morgan fingerprint density at radius 1 is 1.15 bits per heavy atom. The van der Waals surface area contributed by atoms with E-state index in [1.165, 1.54) is 16.7 Å². The van der Waals surface area contributed by atoms with Crippen LogP contribution in [0.1, 0.15) is 60.2 Å². The molecule has 0 heterocycles. The van der Waals surface area contributed by atoms with E-state index in [1.54, 1.807) is 31.4 Å². The first-order valence-electron chi connectivity index (χ1n) is 9.08. The molecule has 0 saturated heterocycles. The second-order valence-electron chi connectivity index (χ2n) is 7.30. The third kappa shape index (κ3) is 3.52. The monoisotopic (exact) mass is 350 g/mol. The molecule has 0 amide bonds. The van der Waals surface area contributed by atoms with Gasteiger partial charge in [0.25, 0.3) is 0 Å². The second kappa shape index (κ2) is 7.36. The van der Waals surface area contributed by atoms with Crippen LogP contribution in [0.5, 0.6) is 11.5 Å². The minimum absolute atomic E-state index is 0.371. The molecule has 0 unspecified atom stereocenters. The van der Waals surface area contributed by atoms with Gasteiger partial charge in [-0.2, -0.15) is 0 Å². The third-order valence-electron chi connectivity index (χ3n) is 5.16. The van der Waals surface area contributed by atoms with E-state index in [-0.39, 0.29) is 5.97 Å². The molecule has 26 heavy (non-hydrogen) atoms. The number of fused-ring (bicyclic) bond motifs is 1. The van der Waals surface area contributed by atoms with Crippen LogP contribution in [0.15, 0.2) is 42.5 Å². The average Bonchev–Trinajstić information content (AvgIpc) is 2.62. The standard InChI is InChI=1S/C23H26O3/c1-14(2)19-10-9-15(3)20-13-22(16(4)11-21(19)20)26-23(24)17-7-6-8-18(12-17)25-5/h6-9,11-14,19H,10H2,1-5H3/t19-/m1/s1. The van der Waals surface area contributed by atoms with Crippen molar-refractivity contribution in [2.24, 2.45) is 5.92 Å². The van der Waals surface area contributed by atoms with Crippen molar-refractivity contribution in [3.8, 4) is 11.5 Å². The second-order valence-corrected chi connectivity index (χ2v) is 7.30. The highest BCUT2D eigenvalue weighted by atomic mass is 16.5. The van der Waals surface area contributed by atoms with Gasteiger partial charge in [0.05, 0.1) is 12.7 Å². The van der Waals surface area contributed by atoms with E-state index in [4.69, 9.17) is 9.47 Å². The van der Waals surface area contributed by atoms with Gasteiger partial charge in [-0.15, -0.1) is 0 Å². The lowest BCUT2D eigenvalue weighted by Crippen LogP contribution is -2.14. The number of benzene rings is 2. The molecule has 136 valence electrons. The average molecular weight is 350 g/mol. The Bertz CT molecular complexity index is 862. The molecular weight excluding hydrogens is 324 g/mol. The highest BCUT2D eigenvalue weighted by Crippen LogP contribution is 2.41. The van der Waals surface area contributed by atoms with Crippen molar-refractivity contribution in [2.75, 3.05) is 7.11 Å². The number of aryl methyl sites for hydroxylation is 1. The van der Waals surface area contributed by atoms with Gasteiger partial charge in [0.1, 0.15) is 11.5 Å². The molecule has 2 aromatic carbocycles. The van der Waals surface area contributed by atoms with E-state index >= 15 is 0 Å². The molecule has 0 N–H and O–H groups in total. The summed E-state index contributed by atoms with van der Waals surface area (Å²) < 4.78 is 10.9. The normalized spacial score (nSPS) is 16.1. The smallest absolute Gasteiger partial charge is 0.343 e. The minimum atomic E-state index is -0.371. The first-order valence-corrected chi connectivity index (χ1v) is 9.08. The number of methoxy groups -OCH3 is 1. The summed E-state index contributed by atoms with van der Waals surface area (Å²) in [6.45, 7) is 8.64. The van der Waals surface area contributed by atoms with Gasteiger partial charge in [-0.3, -0.25) is 0 Å². The van der Waals surface area contributed by atoms with Crippen molar-refractivity contribution >= 4 is 11.5 Å². The highest BCUT2D eigenvalue weighted by Gasteiger charge is 2.24. The summed E-state index contributed by atoms with van der Waals surface area (Å²) in [5, 5.41) is 0. The van der Waals surface area contributed by atoms with Crippen molar-refractivity contribution in [1.82, 2.24) is 0 Å². The lowest BCUT2D eigenvalue weighted by atomic mass is 9.77. The number of hydrogen-bond donors (Lipinski definition) is 0. The zero-order valence-corrected chi connectivity index (χ0v) is 16.1. The summed E-state index contributed by atoms with van der Waals surface area (Å²) >= 11 is 0. The van der Waals surface area contributed by atoms with Gasteiger partial charge in [0, 0.05) is 0 Å². The van der Waals surface area contributed by atoms with Crippen molar-refractivity contribution in [3.63, 3.8) is 0 Å². The Morgan fingerprint density at radius 2 is 1.92 bits per heavy atom. The lowest BCUT2D eigenvalue weighted by molar-refractivity contribution is 0.0733. The van der Waals surface area contributed by atoms with Gasteiger partial charge in [-0.1, -0.05) is 32.1 Å². The lowest BCUT2D eigenvalue weighted by Gasteiger charge is -2.28. The van der Waals surface area contributed by atoms with Crippen LogP contribution in [-0.2, 0) is 0 Å². The molecule has 0 aliphatic heterocycles. The van der Waals surface area contributed by atoms with Gasteiger partial charge in [-0.25, -0.2) is 4.79 Å². The van der Waals surface area contributed by atoms with E-state index in [2.05, 4.69) is 32.9 Å². The quantitative estimate of drug-likeness (QED) is 0.519. The molecule has 3 nitrogen and oxygen atoms in total. The molecule has 0 saturated carbocycles. The fraction of sp³-hybridized carbons (Fsp3) is 0.348. The zero-order chi connectivity index (χ0) is 18.8. The fourth-order valence-electron chi connectivity index (χ4n) is 3.55. The van der Waals surface area contributed by atoms with Gasteiger partial charge in [-0.05, 0) is 78.6 Å². The molecule has 0 fully saturated rings. The molecule has 1 aliphatic carbocycles. The summed E-state index contributed by atoms with van der Waals surface area (Å²) in [5.74, 6) is 1.97. The van der Waals surface area contributed by atoms with Gasteiger partial charge >= 0.3 is 5.97 Å². The zero-order valence-electron chi connectivity index (χ0n) is 16.1. The topological polar surface area (TPSA) is 35.5 Å². The Hall–Kier alpha value is -2.55. The molecule has 2 aromatic rings. The number of ether oxygens (including phenoxy) is 2. The summed E-state index contributed by atoms with van der Waals surface area (Å²) in [6, 6.07) is 11.2. The predicted molar refractivity (Wildman–Crippen MR) is 105 cm³/mol. The van der Waals surface area contributed by atoms with Crippen molar-refractivity contribution in [3.05, 3.63) is 64.7 Å². The van der Waals surface area contributed by atoms with E-state index in [1.807, 2.05) is 13.0 Å². The van der Waals surface area contributed by atoms with Crippen LogP contribution in [0.3, 0.4) is 0 Å². The van der Waals surface area contributed by atoms with Crippen LogP contribution in [0, 0.1) is 12.8 Å². The number of carbonyl (C=O) groups is 1. The predicted octanol–water partition coefficient (Wildman–Crippen LogP) is 5.77. The van der Waals surface area contributed by atoms with Crippen LogP contribution >= 0.6 is 0 Å². The van der Waals surface area contributed by atoms with E-state index in [0.717, 1.165) is 12.0 Å². The van der Waals surface area contributed by atoms with Crippen molar-refractivity contribution in [1.29, 1.82) is 0 Å². The van der Waals surface area contributed by atoms with Gasteiger partial charge in [0.15, 0.2) is 0 Å². The number of rotatable bonds is 4. The van der Waals surface area contributed by atoms with Crippen molar-refractivity contribution < 1.29 is 14.3 Å². The van der Waals surface area contributed by atoms with Crippen LogP contribution in [0.4, 0.5) is 0 Å². The SMILES string of the molecule is COc1cccc(C(=O)Oc2cc3c(cc2C)[C@@H](C(C)C)CC=C3C)c1. The first kappa shape index (κ1) is 18.2. The molecular formula is C23H26O3. The molecule has 0 radical (unpaired) electrons. The summed E-state index contributed by atoms with van der Waals surface area (Å²) in [4.78, 5) is 12.6. The van der Waals surface area contributed by atoms with E-state index in [0.29, 0.717) is 28.9 Å². The van der Waals surface area contributed by atoms with Crippen LogP contribution in [0.25, 0.3) is 5.57 Å². The maximum atomic E-state index is 12.6. The minimum Gasteiger partial charge on any atom is -0.497 e. The Morgan fingerprint density at radius 3 is 2.62 bits per heavy atom. The van der Waals surface area contributed by atoms with E-state index < -0.39 is 0 Å². The Labute approximate surface area is 155 Å². The van der Waals surface area contributed by atoms with Crippen LogP contribution < -0.4 is 9.47 Å². The summed E-state index contributed by atoms with van der Waals surface area (Å²) in [7, 11) is 1.58. The molecule has 3 rings (SSSR count). The molecule has 1 atom stereocenters. The van der Waals surface area contributed by atoms with Gasteiger partial charge < -0.3 is 9.47 Å². The number of allylic oxidation sites excluding steroid dienone is 2. The largest absolute Gasteiger partial charge is 0.497 e. The van der Waals surface area contributed by atoms with Gasteiger partial charge in [0.2, 0.25) is 0 Å². The molecule has 3 heteroatoms. The fourth-order valence-corrected chi connectivity index (χ4v) is 3.55. The number of hydrogen-bond acceptors (Lipinski definition) is 3. The maximum absolute atomic E-state index is 12.6. The maximum Gasteiger partial charge on any atom is 0.343 e. The molecule has 1 aliphatic rings. The molecule has 0 aromatic heterocycles. The number of carbonyl (C=O) groups excluding carboxylic acids is 1. The van der Waals surface area contributed by atoms with E-state index in [9.17, 15) is 4.79 Å². The third-order valence-corrected chi connectivity index (χ3v) is 5.16. The molecule has 0 spiro atoms. The number of esters is 1. The van der Waals surface area contributed by atoms with Crippen LogP contribution in [0.2, 0.25) is 0 Å². The molecule has 0 bridgehead atoms. The Balaban J connectivity index is 1.93. The van der Waals surface area contributed by atoms with Crippen LogP contribution in [-0.4, -0.2) is 13.1 Å². The van der Waals surface area contributed by atoms with Crippen molar-refractivity contribution in [2.45, 2.75) is 40.0 Å². The summed E-state index contributed by atoms with van der Waals surface area (Å²) in [6.07, 6.45) is 3.36. The summed E-state index contributed by atoms with van der Waals surface area (Å²) in [5.41, 5.74) is 5.26. The first-order chi connectivity index (χ1) is 12.4. The Kier molecular flexibility index (Phi) is 5.17. The highest BCUT2D eigenvalue weighted by molar-refractivity contribution is 5.91.